The molecule has 3 heterocycles. The molecule has 0 aromatic rings. The first kappa shape index (κ1) is 15.8. The van der Waals surface area contributed by atoms with E-state index in [1.54, 1.807) is 7.11 Å². The number of ether oxygens (including phenoxy) is 3. The first-order valence-corrected chi connectivity index (χ1v) is 9.24. The Morgan fingerprint density at radius 2 is 1.86 bits per heavy atom. The number of ketones is 1. The van der Waals surface area contributed by atoms with E-state index in [-0.39, 0.29) is 11.5 Å². The number of rotatable bonds is 3. The number of hydrogen-bond donors (Lipinski definition) is 0. The smallest absolute Gasteiger partial charge is 0.168 e. The lowest BCUT2D eigenvalue weighted by Gasteiger charge is -2.45. The minimum atomic E-state index is -0.606. The predicted octanol–water partition coefficient (Wildman–Crippen LogP) is 2.44. The minimum Gasteiger partial charge on any atom is -0.381 e. The van der Waals surface area contributed by atoms with Crippen LogP contribution in [-0.2, 0) is 19.0 Å². The molecule has 0 amide bonds. The Bertz CT molecular complexity index is 367. The van der Waals surface area contributed by atoms with Crippen LogP contribution in [-0.4, -0.2) is 55.4 Å². The highest BCUT2D eigenvalue weighted by atomic mass is 32.2. The lowest BCUT2D eigenvalue weighted by molar-refractivity contribution is -0.167. The van der Waals surface area contributed by atoms with Gasteiger partial charge in [0.25, 0.3) is 0 Å². The molecule has 0 aliphatic carbocycles. The summed E-state index contributed by atoms with van der Waals surface area (Å²) in [5.74, 6) is 2.71. The van der Waals surface area contributed by atoms with E-state index in [2.05, 4.69) is 0 Å². The molecule has 3 fully saturated rings. The van der Waals surface area contributed by atoms with Gasteiger partial charge in [0.1, 0.15) is 5.60 Å². The third-order valence-corrected chi connectivity index (χ3v) is 6.39. The molecular weight excluding hydrogens is 288 g/mol. The highest BCUT2D eigenvalue weighted by molar-refractivity contribution is 7.99. The van der Waals surface area contributed by atoms with E-state index < -0.39 is 5.60 Å². The van der Waals surface area contributed by atoms with Gasteiger partial charge in [0.05, 0.1) is 5.60 Å². The van der Waals surface area contributed by atoms with E-state index in [9.17, 15) is 4.79 Å². The summed E-state index contributed by atoms with van der Waals surface area (Å²) < 4.78 is 17.2. The molecule has 3 rings (SSSR count). The van der Waals surface area contributed by atoms with Crippen molar-refractivity contribution in [1.82, 2.24) is 0 Å². The fourth-order valence-corrected chi connectivity index (χ4v) is 5.20. The Morgan fingerprint density at radius 3 is 2.52 bits per heavy atom. The Labute approximate surface area is 131 Å². The predicted molar refractivity (Wildman–Crippen MR) is 82.8 cm³/mol. The molecular formula is C16H26O4S. The molecule has 5 heteroatoms. The third kappa shape index (κ3) is 3.16. The lowest BCUT2D eigenvalue weighted by Crippen LogP contribution is -2.52. The molecule has 0 bridgehead atoms. The topological polar surface area (TPSA) is 44.8 Å². The highest BCUT2D eigenvalue weighted by Gasteiger charge is 2.48. The van der Waals surface area contributed by atoms with Gasteiger partial charge in [-0.25, -0.2) is 0 Å². The highest BCUT2D eigenvalue weighted by Crippen LogP contribution is 2.42. The minimum absolute atomic E-state index is 0.0378. The summed E-state index contributed by atoms with van der Waals surface area (Å²) in [6, 6.07) is 0. The Balaban J connectivity index is 1.71. The molecule has 1 unspecified atom stereocenters. The Kier molecular flexibility index (Phi) is 4.94. The molecule has 1 atom stereocenters. The summed E-state index contributed by atoms with van der Waals surface area (Å²) in [7, 11) is 1.68. The molecule has 21 heavy (non-hydrogen) atoms. The van der Waals surface area contributed by atoms with E-state index >= 15 is 0 Å². The van der Waals surface area contributed by atoms with Crippen LogP contribution in [0.5, 0.6) is 0 Å². The monoisotopic (exact) mass is 314 g/mol. The first-order chi connectivity index (χ1) is 10.2. The summed E-state index contributed by atoms with van der Waals surface area (Å²) in [5.41, 5.74) is -0.644. The number of thioether (sulfide) groups is 1. The van der Waals surface area contributed by atoms with Crippen LogP contribution in [0.1, 0.15) is 38.5 Å². The summed E-state index contributed by atoms with van der Waals surface area (Å²) >= 11 is 2.00. The molecule has 4 nitrogen and oxygen atoms in total. The van der Waals surface area contributed by atoms with Crippen LogP contribution in [0.25, 0.3) is 0 Å². The van der Waals surface area contributed by atoms with Gasteiger partial charge < -0.3 is 14.2 Å². The summed E-state index contributed by atoms with van der Waals surface area (Å²) in [6.45, 7) is 1.98. The average Bonchev–Trinajstić information content (AvgIpc) is 2.55. The van der Waals surface area contributed by atoms with Crippen LogP contribution in [0, 0.1) is 5.92 Å². The van der Waals surface area contributed by atoms with Crippen molar-refractivity contribution in [3.63, 3.8) is 0 Å². The molecule has 3 aliphatic heterocycles. The van der Waals surface area contributed by atoms with Crippen molar-refractivity contribution < 1.29 is 19.0 Å². The van der Waals surface area contributed by atoms with Crippen molar-refractivity contribution in [2.75, 3.05) is 38.4 Å². The van der Waals surface area contributed by atoms with Crippen LogP contribution < -0.4 is 0 Å². The van der Waals surface area contributed by atoms with Crippen LogP contribution in [0.15, 0.2) is 0 Å². The van der Waals surface area contributed by atoms with Gasteiger partial charge in [-0.05, 0) is 37.2 Å². The molecule has 3 aliphatic rings. The molecule has 0 aromatic heterocycles. The number of methoxy groups -OCH3 is 1. The molecule has 1 spiro atoms. The van der Waals surface area contributed by atoms with Crippen LogP contribution in [0.2, 0.25) is 0 Å². The van der Waals surface area contributed by atoms with Gasteiger partial charge in [0, 0.05) is 45.7 Å². The number of Topliss-reactive ketones (excluding diaryl/α,β-unsaturated/α-hetero) is 1. The van der Waals surface area contributed by atoms with Gasteiger partial charge in [-0.3, -0.25) is 4.79 Å². The molecule has 120 valence electrons. The molecule has 0 radical (unpaired) electrons. The fraction of sp³-hybridized carbons (Fsp3) is 0.938. The second kappa shape index (κ2) is 6.57. The van der Waals surface area contributed by atoms with E-state index in [0.29, 0.717) is 31.8 Å². The van der Waals surface area contributed by atoms with Crippen LogP contribution in [0.4, 0.5) is 0 Å². The van der Waals surface area contributed by atoms with E-state index in [1.165, 1.54) is 0 Å². The lowest BCUT2D eigenvalue weighted by atomic mass is 9.74. The third-order valence-electron chi connectivity index (χ3n) is 5.41. The van der Waals surface area contributed by atoms with Crippen LogP contribution in [0.3, 0.4) is 0 Å². The van der Waals surface area contributed by atoms with Gasteiger partial charge >= 0.3 is 0 Å². The zero-order chi connectivity index (χ0) is 14.8. The molecule has 0 N–H and O–H groups in total. The average molecular weight is 314 g/mol. The van der Waals surface area contributed by atoms with E-state index in [4.69, 9.17) is 14.2 Å². The molecule has 3 saturated heterocycles. The Morgan fingerprint density at radius 1 is 1.14 bits per heavy atom. The van der Waals surface area contributed by atoms with Crippen molar-refractivity contribution in [2.24, 2.45) is 5.92 Å². The van der Waals surface area contributed by atoms with Gasteiger partial charge in [-0.1, -0.05) is 0 Å². The van der Waals surface area contributed by atoms with Crippen molar-refractivity contribution >= 4 is 17.5 Å². The number of carbonyl (C=O) groups excluding carboxylic acids is 1. The van der Waals surface area contributed by atoms with E-state index in [1.807, 2.05) is 11.8 Å². The van der Waals surface area contributed by atoms with Gasteiger partial charge in [-0.2, -0.15) is 11.8 Å². The van der Waals surface area contributed by atoms with E-state index in [0.717, 1.165) is 43.8 Å². The van der Waals surface area contributed by atoms with Crippen molar-refractivity contribution in [3.8, 4) is 0 Å². The zero-order valence-electron chi connectivity index (χ0n) is 12.9. The second-order valence-electron chi connectivity index (χ2n) is 6.51. The largest absolute Gasteiger partial charge is 0.381 e. The van der Waals surface area contributed by atoms with Gasteiger partial charge in [0.2, 0.25) is 0 Å². The van der Waals surface area contributed by atoms with Crippen LogP contribution >= 0.6 is 11.8 Å². The number of hydrogen-bond acceptors (Lipinski definition) is 5. The fourth-order valence-electron chi connectivity index (χ4n) is 3.97. The van der Waals surface area contributed by atoms with Gasteiger partial charge in [-0.15, -0.1) is 0 Å². The van der Waals surface area contributed by atoms with Crippen molar-refractivity contribution in [1.29, 1.82) is 0 Å². The second-order valence-corrected chi connectivity index (χ2v) is 7.73. The van der Waals surface area contributed by atoms with Crippen molar-refractivity contribution in [2.45, 2.75) is 49.7 Å². The maximum atomic E-state index is 13.1. The summed E-state index contributed by atoms with van der Waals surface area (Å²) in [6.07, 6.45) is 5.30. The van der Waals surface area contributed by atoms with Gasteiger partial charge in [0.15, 0.2) is 5.78 Å². The quantitative estimate of drug-likeness (QED) is 0.800. The zero-order valence-corrected chi connectivity index (χ0v) is 13.7. The molecule has 0 saturated carbocycles. The standard InChI is InChI=1S/C16H26O4S/c1-18-16(3-8-19-9-4-16)14(17)13-2-7-20-15(12-13)5-10-21-11-6-15/h13H,2-12H2,1H3. The normalized spacial score (nSPS) is 32.0. The SMILES string of the molecule is COC1(C(=O)C2CCOC3(CCSCC3)C2)CCOCC1. The summed E-state index contributed by atoms with van der Waals surface area (Å²) in [4.78, 5) is 13.1. The maximum absolute atomic E-state index is 13.1. The summed E-state index contributed by atoms with van der Waals surface area (Å²) in [5, 5.41) is 0. The molecule has 0 aromatic carbocycles. The Hall–Kier alpha value is -0.100. The number of carbonyl (C=O) groups is 1. The maximum Gasteiger partial charge on any atom is 0.168 e. The first-order valence-electron chi connectivity index (χ1n) is 8.09. The van der Waals surface area contributed by atoms with Crippen molar-refractivity contribution in [3.05, 3.63) is 0 Å².